The minimum absolute atomic E-state index is 0.0577. The Hall–Kier alpha value is -3.28. The van der Waals surface area contributed by atoms with E-state index in [1.165, 1.54) is 7.11 Å². The molecule has 0 aliphatic carbocycles. The van der Waals surface area contributed by atoms with Crippen LogP contribution in [0.15, 0.2) is 54.3 Å². The first-order valence-corrected chi connectivity index (χ1v) is 7.68. The zero-order valence-corrected chi connectivity index (χ0v) is 14.2. The summed E-state index contributed by atoms with van der Waals surface area (Å²) in [5, 5.41) is 10.3. The summed E-state index contributed by atoms with van der Waals surface area (Å²) >= 11 is 0. The van der Waals surface area contributed by atoms with Gasteiger partial charge in [-0.3, -0.25) is 9.59 Å². The number of aliphatic hydroxyl groups is 1. The van der Waals surface area contributed by atoms with Gasteiger partial charge in [0.15, 0.2) is 5.76 Å². The van der Waals surface area contributed by atoms with Crippen LogP contribution in [-0.4, -0.2) is 38.1 Å². The Kier molecular flexibility index (Phi) is 4.19. The van der Waals surface area contributed by atoms with Crippen molar-refractivity contribution in [2.45, 2.75) is 0 Å². The molecule has 0 fully saturated rings. The van der Waals surface area contributed by atoms with E-state index in [-0.39, 0.29) is 5.57 Å². The topological polar surface area (TPSA) is 70.1 Å². The Bertz CT molecular complexity index is 886. The number of rotatable bonds is 4. The first-order chi connectivity index (χ1) is 12.0. The summed E-state index contributed by atoms with van der Waals surface area (Å²) in [7, 11) is 5.20. The summed E-state index contributed by atoms with van der Waals surface area (Å²) in [6.07, 6.45) is 0. The molecule has 0 atom stereocenters. The van der Waals surface area contributed by atoms with Crippen molar-refractivity contribution in [2.24, 2.45) is 0 Å². The predicted octanol–water partition coefficient (Wildman–Crippen LogP) is 2.60. The number of methoxy groups -OCH3 is 1. The minimum atomic E-state index is -0.748. The number of aliphatic hydroxyl groups excluding tert-OH is 1. The van der Waals surface area contributed by atoms with E-state index in [4.69, 9.17) is 4.74 Å². The summed E-state index contributed by atoms with van der Waals surface area (Å²) in [6, 6.07) is 13.8. The van der Waals surface area contributed by atoms with Crippen LogP contribution in [0.25, 0.3) is 5.57 Å². The fourth-order valence-electron chi connectivity index (χ4n) is 2.76. The van der Waals surface area contributed by atoms with Crippen LogP contribution in [-0.2, 0) is 9.59 Å². The normalized spacial score (nSPS) is 14.3. The molecule has 1 aliphatic heterocycles. The Balaban J connectivity index is 2.07. The van der Waals surface area contributed by atoms with Gasteiger partial charge in [-0.1, -0.05) is 24.3 Å². The van der Waals surface area contributed by atoms with Gasteiger partial charge in [0.1, 0.15) is 5.75 Å². The van der Waals surface area contributed by atoms with Gasteiger partial charge in [-0.2, -0.15) is 0 Å². The molecule has 2 aromatic carbocycles. The molecule has 25 heavy (non-hydrogen) atoms. The monoisotopic (exact) mass is 338 g/mol. The molecule has 0 bridgehead atoms. The van der Waals surface area contributed by atoms with Gasteiger partial charge in [-0.15, -0.1) is 0 Å². The first-order valence-electron chi connectivity index (χ1n) is 7.68. The number of ether oxygens (including phenoxy) is 1. The predicted molar refractivity (Wildman–Crippen MR) is 95.8 cm³/mol. The summed E-state index contributed by atoms with van der Waals surface area (Å²) in [6.45, 7) is 0. The van der Waals surface area contributed by atoms with E-state index in [0.717, 1.165) is 10.6 Å². The molecule has 128 valence electrons. The summed E-state index contributed by atoms with van der Waals surface area (Å²) in [4.78, 5) is 28.3. The second kappa shape index (κ2) is 6.32. The molecule has 2 amide bonds. The number of para-hydroxylation sites is 1. The van der Waals surface area contributed by atoms with Crippen molar-refractivity contribution in [3.63, 3.8) is 0 Å². The summed E-state index contributed by atoms with van der Waals surface area (Å²) < 4.78 is 5.25. The standard InChI is InChI=1S/C19H18N2O4/c1-20(2)12-7-6-8-13(11-12)21-18(23)16(17(22)19(21)24)14-9-4-5-10-15(14)25-3/h4-11,22H,1-3H3. The molecular formula is C19H18N2O4. The summed E-state index contributed by atoms with van der Waals surface area (Å²) in [5.41, 5.74) is 1.56. The maximum Gasteiger partial charge on any atom is 0.301 e. The average Bonchev–Trinajstić information content (AvgIpc) is 2.84. The zero-order valence-electron chi connectivity index (χ0n) is 14.2. The molecule has 1 aliphatic rings. The number of carbonyl (C=O) groups is 2. The van der Waals surface area contributed by atoms with Gasteiger partial charge >= 0.3 is 5.91 Å². The van der Waals surface area contributed by atoms with E-state index in [9.17, 15) is 14.7 Å². The third kappa shape index (κ3) is 2.71. The molecule has 1 heterocycles. The quantitative estimate of drug-likeness (QED) is 0.868. The number of imide groups is 1. The van der Waals surface area contributed by atoms with Gasteiger partial charge in [-0.25, -0.2) is 4.90 Å². The first kappa shape index (κ1) is 16.6. The van der Waals surface area contributed by atoms with Crippen LogP contribution >= 0.6 is 0 Å². The Labute approximate surface area is 145 Å². The Morgan fingerprint density at radius 3 is 2.40 bits per heavy atom. The van der Waals surface area contributed by atoms with Crippen molar-refractivity contribution < 1.29 is 19.4 Å². The molecule has 0 saturated carbocycles. The maximum atomic E-state index is 12.9. The van der Waals surface area contributed by atoms with Crippen molar-refractivity contribution in [3.8, 4) is 5.75 Å². The van der Waals surface area contributed by atoms with Crippen molar-refractivity contribution in [1.82, 2.24) is 0 Å². The zero-order chi connectivity index (χ0) is 18.1. The fourth-order valence-corrected chi connectivity index (χ4v) is 2.76. The van der Waals surface area contributed by atoms with Gasteiger partial charge < -0.3 is 14.7 Å². The second-order valence-electron chi connectivity index (χ2n) is 5.78. The van der Waals surface area contributed by atoms with Crippen LogP contribution in [0.4, 0.5) is 11.4 Å². The molecule has 1 N–H and O–H groups in total. The second-order valence-corrected chi connectivity index (χ2v) is 5.78. The maximum absolute atomic E-state index is 12.9. The minimum Gasteiger partial charge on any atom is -0.502 e. The highest BCUT2D eigenvalue weighted by atomic mass is 16.5. The van der Waals surface area contributed by atoms with Gasteiger partial charge in [0.2, 0.25) is 0 Å². The van der Waals surface area contributed by atoms with Gasteiger partial charge in [0.25, 0.3) is 5.91 Å². The molecule has 0 unspecified atom stereocenters. The molecular weight excluding hydrogens is 320 g/mol. The number of anilines is 2. The lowest BCUT2D eigenvalue weighted by molar-refractivity contribution is -0.121. The van der Waals surface area contributed by atoms with E-state index in [1.54, 1.807) is 42.5 Å². The van der Waals surface area contributed by atoms with E-state index in [1.807, 2.05) is 25.1 Å². The number of amides is 2. The van der Waals surface area contributed by atoms with Gasteiger partial charge in [-0.05, 0) is 24.3 Å². The molecule has 3 rings (SSSR count). The SMILES string of the molecule is COc1ccccc1C1=C(O)C(=O)N(c2cccc(N(C)C)c2)C1=O. The number of benzene rings is 2. The van der Waals surface area contributed by atoms with Crippen LogP contribution in [0, 0.1) is 0 Å². The van der Waals surface area contributed by atoms with Crippen LogP contribution in [0.3, 0.4) is 0 Å². The van der Waals surface area contributed by atoms with Crippen LogP contribution < -0.4 is 14.5 Å². The molecule has 0 radical (unpaired) electrons. The molecule has 0 spiro atoms. The highest BCUT2D eigenvalue weighted by molar-refractivity contribution is 6.45. The Morgan fingerprint density at radius 1 is 1.00 bits per heavy atom. The number of carbonyl (C=O) groups excluding carboxylic acids is 2. The molecule has 6 nitrogen and oxygen atoms in total. The lowest BCUT2D eigenvalue weighted by Gasteiger charge is -2.18. The third-order valence-electron chi connectivity index (χ3n) is 4.04. The van der Waals surface area contributed by atoms with Crippen molar-refractivity contribution in [1.29, 1.82) is 0 Å². The van der Waals surface area contributed by atoms with Gasteiger partial charge in [0.05, 0.1) is 18.4 Å². The lowest BCUT2D eigenvalue weighted by atomic mass is 10.0. The third-order valence-corrected chi connectivity index (χ3v) is 4.04. The molecule has 6 heteroatoms. The lowest BCUT2D eigenvalue weighted by Crippen LogP contribution is -2.31. The fraction of sp³-hybridized carbons (Fsp3) is 0.158. The van der Waals surface area contributed by atoms with Crippen molar-refractivity contribution in [3.05, 3.63) is 59.9 Å². The smallest absolute Gasteiger partial charge is 0.301 e. The van der Waals surface area contributed by atoms with Gasteiger partial charge in [0, 0.05) is 25.3 Å². The largest absolute Gasteiger partial charge is 0.502 e. The highest BCUT2D eigenvalue weighted by Gasteiger charge is 2.41. The van der Waals surface area contributed by atoms with E-state index in [0.29, 0.717) is 17.0 Å². The molecule has 0 aromatic heterocycles. The van der Waals surface area contributed by atoms with Crippen LogP contribution in [0.1, 0.15) is 5.56 Å². The van der Waals surface area contributed by atoms with Crippen LogP contribution in [0.2, 0.25) is 0 Å². The molecule has 2 aromatic rings. The highest BCUT2D eigenvalue weighted by Crippen LogP contribution is 2.36. The number of nitrogens with zero attached hydrogens (tertiary/aromatic N) is 2. The van der Waals surface area contributed by atoms with Crippen molar-refractivity contribution >= 4 is 28.8 Å². The van der Waals surface area contributed by atoms with Crippen LogP contribution in [0.5, 0.6) is 5.75 Å². The summed E-state index contributed by atoms with van der Waals surface area (Å²) in [5.74, 6) is -1.50. The van der Waals surface area contributed by atoms with E-state index >= 15 is 0 Å². The average molecular weight is 338 g/mol. The number of hydrogen-bond acceptors (Lipinski definition) is 5. The Morgan fingerprint density at radius 2 is 1.72 bits per heavy atom. The van der Waals surface area contributed by atoms with E-state index < -0.39 is 17.6 Å². The van der Waals surface area contributed by atoms with E-state index in [2.05, 4.69) is 0 Å². The van der Waals surface area contributed by atoms with Crippen molar-refractivity contribution in [2.75, 3.05) is 31.0 Å². The number of hydrogen-bond donors (Lipinski definition) is 1. The molecule has 0 saturated heterocycles.